The Balaban J connectivity index is 2.47. The Morgan fingerprint density at radius 2 is 2.18 bits per heavy atom. The minimum Gasteiger partial charge on any atom is -0.494 e. The van der Waals surface area contributed by atoms with Gasteiger partial charge in [0, 0.05) is 6.54 Å². The molecule has 0 aliphatic carbocycles. The number of unbranched alkanes of at least 4 members (excludes halogenated alkanes) is 2. The fourth-order valence-corrected chi connectivity index (χ4v) is 1.66. The van der Waals surface area contributed by atoms with Gasteiger partial charge in [0.25, 0.3) is 0 Å². The van der Waals surface area contributed by atoms with Gasteiger partial charge in [-0.25, -0.2) is 0 Å². The first-order valence-corrected chi connectivity index (χ1v) is 6.33. The molecule has 0 aliphatic heterocycles. The van der Waals surface area contributed by atoms with Gasteiger partial charge in [0.2, 0.25) is 0 Å². The molecule has 0 saturated carbocycles. The highest BCUT2D eigenvalue weighted by Crippen LogP contribution is 2.19. The summed E-state index contributed by atoms with van der Waals surface area (Å²) in [7, 11) is 1.83. The number of rotatable bonds is 8. The number of likely N-dealkylation sites (N-methyl/N-ethyl adjacent to an activating group) is 1. The van der Waals surface area contributed by atoms with Crippen LogP contribution >= 0.6 is 0 Å². The van der Waals surface area contributed by atoms with Crippen molar-refractivity contribution in [2.24, 2.45) is 0 Å². The number of aliphatic hydroxyl groups is 1. The Kier molecular flexibility index (Phi) is 6.67. The van der Waals surface area contributed by atoms with E-state index in [4.69, 9.17) is 4.74 Å². The van der Waals surface area contributed by atoms with E-state index in [1.165, 1.54) is 12.8 Å². The third-order valence-electron chi connectivity index (χ3n) is 2.66. The zero-order chi connectivity index (χ0) is 12.5. The second-order valence-corrected chi connectivity index (χ2v) is 4.20. The van der Waals surface area contributed by atoms with Gasteiger partial charge in [-0.2, -0.15) is 0 Å². The van der Waals surface area contributed by atoms with Gasteiger partial charge in [0.1, 0.15) is 5.75 Å². The van der Waals surface area contributed by atoms with Crippen LogP contribution in [-0.4, -0.2) is 25.3 Å². The largest absolute Gasteiger partial charge is 0.494 e. The van der Waals surface area contributed by atoms with Gasteiger partial charge in [-0.15, -0.1) is 0 Å². The van der Waals surface area contributed by atoms with Crippen molar-refractivity contribution in [3.8, 4) is 5.75 Å². The molecule has 0 aliphatic rings. The predicted molar refractivity (Wildman–Crippen MR) is 70.3 cm³/mol. The normalized spacial score (nSPS) is 12.4. The summed E-state index contributed by atoms with van der Waals surface area (Å²) >= 11 is 0. The Bertz CT molecular complexity index is 315. The minimum absolute atomic E-state index is 0.473. The summed E-state index contributed by atoms with van der Waals surface area (Å²) in [5, 5.41) is 12.8. The highest BCUT2D eigenvalue weighted by molar-refractivity contribution is 5.30. The molecule has 1 atom stereocenters. The molecule has 0 spiro atoms. The Morgan fingerprint density at radius 3 is 2.88 bits per heavy atom. The molecule has 2 N–H and O–H groups in total. The molecule has 17 heavy (non-hydrogen) atoms. The van der Waals surface area contributed by atoms with E-state index in [2.05, 4.69) is 12.2 Å². The van der Waals surface area contributed by atoms with Crippen molar-refractivity contribution < 1.29 is 9.84 Å². The van der Waals surface area contributed by atoms with Crippen molar-refractivity contribution in [1.29, 1.82) is 0 Å². The van der Waals surface area contributed by atoms with E-state index in [0.29, 0.717) is 6.54 Å². The molecule has 0 unspecified atom stereocenters. The zero-order valence-electron chi connectivity index (χ0n) is 10.8. The summed E-state index contributed by atoms with van der Waals surface area (Å²) in [6, 6.07) is 7.68. The van der Waals surface area contributed by atoms with Crippen LogP contribution in [0.25, 0.3) is 0 Å². The smallest absolute Gasteiger partial charge is 0.119 e. The average Bonchev–Trinajstić information content (AvgIpc) is 2.35. The molecule has 0 radical (unpaired) electrons. The average molecular weight is 237 g/mol. The molecule has 0 fully saturated rings. The van der Waals surface area contributed by atoms with Gasteiger partial charge in [-0.3, -0.25) is 0 Å². The van der Waals surface area contributed by atoms with E-state index in [-0.39, 0.29) is 0 Å². The lowest BCUT2D eigenvalue weighted by Gasteiger charge is -2.12. The Labute approximate surface area is 104 Å². The molecule has 1 aromatic carbocycles. The molecule has 1 aromatic rings. The fraction of sp³-hybridized carbons (Fsp3) is 0.571. The van der Waals surface area contributed by atoms with E-state index in [9.17, 15) is 5.11 Å². The molecule has 0 heterocycles. The van der Waals surface area contributed by atoms with Crippen LogP contribution in [0, 0.1) is 0 Å². The van der Waals surface area contributed by atoms with Gasteiger partial charge in [0.05, 0.1) is 12.7 Å². The molecule has 0 saturated heterocycles. The van der Waals surface area contributed by atoms with Crippen molar-refractivity contribution in [2.45, 2.75) is 32.3 Å². The summed E-state index contributed by atoms with van der Waals surface area (Å²) < 4.78 is 5.65. The number of benzene rings is 1. The molecule has 0 amide bonds. The topological polar surface area (TPSA) is 41.5 Å². The Morgan fingerprint density at radius 1 is 1.35 bits per heavy atom. The van der Waals surface area contributed by atoms with Crippen molar-refractivity contribution >= 4 is 0 Å². The van der Waals surface area contributed by atoms with Crippen LogP contribution in [-0.2, 0) is 0 Å². The van der Waals surface area contributed by atoms with Gasteiger partial charge in [-0.1, -0.05) is 31.9 Å². The first-order valence-electron chi connectivity index (χ1n) is 6.33. The molecule has 1 rings (SSSR count). The van der Waals surface area contributed by atoms with Crippen LogP contribution in [0.15, 0.2) is 24.3 Å². The SMILES string of the molecule is CCCCCOc1cccc([C@@H](O)CNC)c1. The maximum Gasteiger partial charge on any atom is 0.119 e. The maximum absolute atomic E-state index is 9.84. The van der Waals surface area contributed by atoms with Crippen LogP contribution in [0.4, 0.5) is 0 Å². The number of aliphatic hydroxyl groups excluding tert-OH is 1. The van der Waals surface area contributed by atoms with Crippen LogP contribution in [0.5, 0.6) is 5.75 Å². The molecular formula is C14H23NO2. The van der Waals surface area contributed by atoms with Gasteiger partial charge in [0.15, 0.2) is 0 Å². The second kappa shape index (κ2) is 8.09. The molecule has 3 nitrogen and oxygen atoms in total. The third kappa shape index (κ3) is 5.20. The Hall–Kier alpha value is -1.06. The predicted octanol–water partition coefficient (Wildman–Crippen LogP) is 2.51. The van der Waals surface area contributed by atoms with E-state index < -0.39 is 6.10 Å². The highest BCUT2D eigenvalue weighted by atomic mass is 16.5. The number of hydrogen-bond acceptors (Lipinski definition) is 3. The van der Waals surface area contributed by atoms with Crippen molar-refractivity contribution in [3.63, 3.8) is 0 Å². The summed E-state index contributed by atoms with van der Waals surface area (Å²) in [5.41, 5.74) is 0.896. The van der Waals surface area contributed by atoms with E-state index >= 15 is 0 Å². The lowest BCUT2D eigenvalue weighted by molar-refractivity contribution is 0.177. The van der Waals surface area contributed by atoms with E-state index in [1.54, 1.807) is 0 Å². The van der Waals surface area contributed by atoms with Crippen LogP contribution in [0.2, 0.25) is 0 Å². The van der Waals surface area contributed by atoms with Crippen molar-refractivity contribution in [3.05, 3.63) is 29.8 Å². The monoisotopic (exact) mass is 237 g/mol. The van der Waals surface area contributed by atoms with Crippen LogP contribution in [0.1, 0.15) is 37.9 Å². The number of ether oxygens (including phenoxy) is 1. The highest BCUT2D eigenvalue weighted by Gasteiger charge is 2.06. The summed E-state index contributed by atoms with van der Waals surface area (Å²) in [6.07, 6.45) is 3.01. The van der Waals surface area contributed by atoms with E-state index in [0.717, 1.165) is 24.3 Å². The molecule has 0 bridgehead atoms. The third-order valence-corrected chi connectivity index (χ3v) is 2.66. The molecule has 0 aromatic heterocycles. The summed E-state index contributed by atoms with van der Waals surface area (Å²) in [6.45, 7) is 3.48. The second-order valence-electron chi connectivity index (χ2n) is 4.20. The lowest BCUT2D eigenvalue weighted by Crippen LogP contribution is -2.16. The van der Waals surface area contributed by atoms with E-state index in [1.807, 2.05) is 31.3 Å². The van der Waals surface area contributed by atoms with Gasteiger partial charge >= 0.3 is 0 Å². The fourth-order valence-electron chi connectivity index (χ4n) is 1.66. The zero-order valence-corrected chi connectivity index (χ0v) is 10.8. The van der Waals surface area contributed by atoms with Crippen molar-refractivity contribution in [1.82, 2.24) is 5.32 Å². The maximum atomic E-state index is 9.84. The van der Waals surface area contributed by atoms with Crippen LogP contribution < -0.4 is 10.1 Å². The number of hydrogen-bond donors (Lipinski definition) is 2. The molecular weight excluding hydrogens is 214 g/mol. The lowest BCUT2D eigenvalue weighted by atomic mass is 10.1. The standard InChI is InChI=1S/C14H23NO2/c1-3-4-5-9-17-13-8-6-7-12(10-13)14(16)11-15-2/h6-8,10,14-16H,3-5,9,11H2,1-2H3/t14-/m0/s1. The minimum atomic E-state index is -0.473. The summed E-state index contributed by atoms with van der Waals surface area (Å²) in [5.74, 6) is 0.841. The molecule has 3 heteroatoms. The quantitative estimate of drug-likeness (QED) is 0.683. The van der Waals surface area contributed by atoms with Gasteiger partial charge in [-0.05, 0) is 31.2 Å². The van der Waals surface area contributed by atoms with Gasteiger partial charge < -0.3 is 15.2 Å². The molecule has 96 valence electrons. The first kappa shape index (κ1) is 14.0. The summed E-state index contributed by atoms with van der Waals surface area (Å²) in [4.78, 5) is 0. The number of nitrogens with one attached hydrogen (secondary N) is 1. The van der Waals surface area contributed by atoms with Crippen molar-refractivity contribution in [2.75, 3.05) is 20.2 Å². The first-order chi connectivity index (χ1) is 8.27. The van der Waals surface area contributed by atoms with Crippen LogP contribution in [0.3, 0.4) is 0 Å².